The van der Waals surface area contributed by atoms with Gasteiger partial charge in [0.15, 0.2) is 6.04 Å². The number of carbonyl (C=O) groups is 2. The summed E-state index contributed by atoms with van der Waals surface area (Å²) in [4.78, 5) is 26.2. The van der Waals surface area contributed by atoms with E-state index in [1.165, 1.54) is 0 Å². The van der Waals surface area contributed by atoms with Gasteiger partial charge in [-0.2, -0.15) is 0 Å². The zero-order valence-electron chi connectivity index (χ0n) is 11.4. The molecule has 0 unspecified atom stereocenters. The quantitative estimate of drug-likeness (QED) is 0.197. The highest BCUT2D eigenvalue weighted by Gasteiger charge is 2.41. The molecular weight excluding hydrogens is 274 g/mol. The fraction of sp³-hybridized carbons (Fsp3) is 0.800. The van der Waals surface area contributed by atoms with Gasteiger partial charge in [0.25, 0.3) is 6.79 Å². The molecule has 0 aromatic rings. The standard InChI is InChI=1S/C10H17N3O7/c1-10(2,3)20-9(16)18-6-19-11-13(17)12-5-4-7(12)8(14)15/h7H,4-6H2,1-3H3,(H,14,15)/t7-/m0/s1. The maximum absolute atomic E-state index is 11.3. The second kappa shape index (κ2) is 6.26. The van der Waals surface area contributed by atoms with Gasteiger partial charge in [-0.3, -0.25) is 0 Å². The Bertz CT molecular complexity index is 404. The Morgan fingerprint density at radius 2 is 2.15 bits per heavy atom. The van der Waals surface area contributed by atoms with Crippen LogP contribution in [0.1, 0.15) is 27.2 Å². The van der Waals surface area contributed by atoms with Crippen LogP contribution in [-0.4, -0.2) is 52.2 Å². The van der Waals surface area contributed by atoms with E-state index in [0.29, 0.717) is 6.42 Å². The van der Waals surface area contributed by atoms with E-state index >= 15 is 0 Å². The average molecular weight is 291 g/mol. The minimum Gasteiger partial charge on any atom is -0.569 e. The maximum Gasteiger partial charge on any atom is 0.511 e. The topological polar surface area (TPSA) is 124 Å². The van der Waals surface area contributed by atoms with E-state index in [1.807, 2.05) is 0 Å². The molecule has 0 spiro atoms. The van der Waals surface area contributed by atoms with Gasteiger partial charge in [0.2, 0.25) is 5.28 Å². The smallest absolute Gasteiger partial charge is 0.511 e. The molecule has 1 N–H and O–H groups in total. The molecule has 1 heterocycles. The number of carboxylic acids is 1. The zero-order chi connectivity index (χ0) is 15.3. The number of rotatable bonds is 5. The van der Waals surface area contributed by atoms with Crippen molar-refractivity contribution in [3.05, 3.63) is 5.21 Å². The largest absolute Gasteiger partial charge is 0.569 e. The van der Waals surface area contributed by atoms with Crippen LogP contribution < -0.4 is 0 Å². The Balaban J connectivity index is 2.28. The van der Waals surface area contributed by atoms with Crippen molar-refractivity contribution < 1.29 is 34.0 Å². The summed E-state index contributed by atoms with van der Waals surface area (Å²) >= 11 is 0. The third kappa shape index (κ3) is 4.78. The summed E-state index contributed by atoms with van der Waals surface area (Å²) in [5, 5.41) is 24.1. The highest BCUT2D eigenvalue weighted by molar-refractivity contribution is 5.74. The van der Waals surface area contributed by atoms with Crippen molar-refractivity contribution in [3.8, 4) is 0 Å². The van der Waals surface area contributed by atoms with Crippen molar-refractivity contribution in [2.75, 3.05) is 13.3 Å². The van der Waals surface area contributed by atoms with Gasteiger partial charge in [0.1, 0.15) is 5.60 Å². The van der Waals surface area contributed by atoms with Crippen molar-refractivity contribution in [3.63, 3.8) is 0 Å². The maximum atomic E-state index is 11.3. The van der Waals surface area contributed by atoms with Gasteiger partial charge >= 0.3 is 12.1 Å². The lowest BCUT2D eigenvalue weighted by Gasteiger charge is -2.31. The SMILES string of the molecule is CC(C)(C)OC(=O)OCON=[N+]([O-])N1CC[C@H]1C(=O)O. The molecule has 0 saturated carbocycles. The molecule has 1 fully saturated rings. The summed E-state index contributed by atoms with van der Waals surface area (Å²) in [6.07, 6.45) is -0.602. The first-order valence-electron chi connectivity index (χ1n) is 5.86. The summed E-state index contributed by atoms with van der Waals surface area (Å²) in [7, 11) is 0. The highest BCUT2D eigenvalue weighted by atomic mass is 16.8. The van der Waals surface area contributed by atoms with Crippen LogP contribution in [0, 0.1) is 5.21 Å². The Morgan fingerprint density at radius 3 is 2.60 bits per heavy atom. The highest BCUT2D eigenvalue weighted by Crippen LogP contribution is 2.17. The number of carbonyl (C=O) groups excluding carboxylic acids is 1. The molecule has 10 heteroatoms. The fourth-order valence-corrected chi connectivity index (χ4v) is 1.30. The first-order valence-corrected chi connectivity index (χ1v) is 5.86. The van der Waals surface area contributed by atoms with E-state index in [-0.39, 0.29) is 11.5 Å². The Morgan fingerprint density at radius 1 is 1.50 bits per heavy atom. The number of ether oxygens (including phenoxy) is 2. The van der Waals surface area contributed by atoms with Crippen LogP contribution in [0.3, 0.4) is 0 Å². The van der Waals surface area contributed by atoms with E-state index in [2.05, 4.69) is 14.9 Å². The van der Waals surface area contributed by atoms with E-state index < -0.39 is 30.6 Å². The number of aliphatic carboxylic acids is 1. The molecule has 0 amide bonds. The van der Waals surface area contributed by atoms with Gasteiger partial charge in [0, 0.05) is 6.42 Å². The third-order valence-electron chi connectivity index (χ3n) is 2.24. The summed E-state index contributed by atoms with van der Waals surface area (Å²) in [6.45, 7) is 4.64. The Labute approximate surface area is 115 Å². The van der Waals surface area contributed by atoms with Crippen molar-refractivity contribution in [2.45, 2.75) is 38.8 Å². The zero-order valence-corrected chi connectivity index (χ0v) is 11.4. The summed E-state index contributed by atoms with van der Waals surface area (Å²) in [6, 6.07) is -0.911. The van der Waals surface area contributed by atoms with Gasteiger partial charge in [-0.1, -0.05) is 0 Å². The normalized spacial score (nSPS) is 19.1. The lowest BCUT2D eigenvalue weighted by atomic mass is 10.1. The third-order valence-corrected chi connectivity index (χ3v) is 2.24. The predicted molar refractivity (Wildman–Crippen MR) is 62.1 cm³/mol. The van der Waals surface area contributed by atoms with Gasteiger partial charge in [-0.05, 0) is 20.8 Å². The fourth-order valence-electron chi connectivity index (χ4n) is 1.30. The molecular formula is C10H17N3O7. The molecule has 0 radical (unpaired) electrons. The molecule has 1 rings (SSSR count). The van der Waals surface area contributed by atoms with Gasteiger partial charge in [-0.25, -0.2) is 9.59 Å². The monoisotopic (exact) mass is 291 g/mol. The summed E-state index contributed by atoms with van der Waals surface area (Å²) < 4.78 is 9.31. The molecule has 0 aromatic heterocycles. The second-order valence-corrected chi connectivity index (χ2v) is 5.00. The minimum absolute atomic E-state index is 0.0146. The summed E-state index contributed by atoms with van der Waals surface area (Å²) in [5.74, 6) is -1.11. The van der Waals surface area contributed by atoms with E-state index in [9.17, 15) is 14.8 Å². The molecule has 20 heavy (non-hydrogen) atoms. The first kappa shape index (κ1) is 15.8. The van der Waals surface area contributed by atoms with Gasteiger partial charge in [-0.15, -0.1) is 5.01 Å². The van der Waals surface area contributed by atoms with E-state index in [1.54, 1.807) is 20.8 Å². The molecule has 0 aliphatic carbocycles. The van der Waals surface area contributed by atoms with Crippen LogP contribution in [0.2, 0.25) is 0 Å². The number of hydrogen-bond donors (Lipinski definition) is 1. The minimum atomic E-state index is -1.11. The number of hydrazine groups is 1. The van der Waals surface area contributed by atoms with Crippen LogP contribution in [0.15, 0.2) is 5.28 Å². The van der Waals surface area contributed by atoms with Gasteiger partial charge < -0.3 is 24.6 Å². The van der Waals surface area contributed by atoms with Gasteiger partial charge in [0.05, 0.1) is 11.5 Å². The van der Waals surface area contributed by atoms with Crippen LogP contribution in [0.5, 0.6) is 0 Å². The van der Waals surface area contributed by atoms with Crippen molar-refractivity contribution >= 4 is 12.1 Å². The number of carboxylic acid groups (broad SMARTS) is 1. The number of nitrogens with zero attached hydrogens (tertiary/aromatic N) is 3. The summed E-state index contributed by atoms with van der Waals surface area (Å²) in [5.41, 5.74) is -0.703. The Kier molecular flexibility index (Phi) is 4.94. The lowest BCUT2D eigenvalue weighted by molar-refractivity contribution is -0.729. The molecule has 1 aliphatic rings. The second-order valence-electron chi connectivity index (χ2n) is 5.00. The predicted octanol–water partition coefficient (Wildman–Crippen LogP) is 0.864. The first-order chi connectivity index (χ1) is 9.20. The molecule has 1 aliphatic heterocycles. The van der Waals surface area contributed by atoms with Crippen LogP contribution in [0.25, 0.3) is 0 Å². The van der Waals surface area contributed by atoms with Crippen LogP contribution >= 0.6 is 0 Å². The van der Waals surface area contributed by atoms with Crippen molar-refractivity contribution in [2.24, 2.45) is 5.28 Å². The Hall–Kier alpha value is -2.26. The molecule has 10 nitrogen and oxygen atoms in total. The van der Waals surface area contributed by atoms with Crippen LogP contribution in [-0.2, 0) is 19.1 Å². The molecule has 1 atom stereocenters. The van der Waals surface area contributed by atoms with Crippen molar-refractivity contribution in [1.29, 1.82) is 0 Å². The van der Waals surface area contributed by atoms with E-state index in [4.69, 9.17) is 9.84 Å². The van der Waals surface area contributed by atoms with E-state index in [0.717, 1.165) is 5.01 Å². The average Bonchev–Trinajstić information content (AvgIpc) is 2.19. The molecule has 0 bridgehead atoms. The molecule has 0 aromatic carbocycles. The number of hydrogen-bond acceptors (Lipinski definition) is 7. The lowest BCUT2D eigenvalue weighted by Crippen LogP contribution is -2.55. The van der Waals surface area contributed by atoms with Crippen LogP contribution in [0.4, 0.5) is 4.79 Å². The molecule has 1 saturated heterocycles. The van der Waals surface area contributed by atoms with Crippen molar-refractivity contribution in [1.82, 2.24) is 5.01 Å². The molecule has 114 valence electrons.